The van der Waals surface area contributed by atoms with Gasteiger partial charge < -0.3 is 10.6 Å². The molecule has 2 nitrogen and oxygen atoms in total. The first-order valence-corrected chi connectivity index (χ1v) is 24.9. The van der Waals surface area contributed by atoms with Crippen LogP contribution in [-0.4, -0.2) is 35.5 Å². The average Bonchev–Trinajstić information content (AvgIpc) is 3.19. The van der Waals surface area contributed by atoms with Crippen molar-refractivity contribution in [1.82, 2.24) is 10.6 Å². The van der Waals surface area contributed by atoms with Crippen molar-refractivity contribution in [3.8, 4) is 22.3 Å². The van der Waals surface area contributed by atoms with Crippen molar-refractivity contribution in [2.24, 2.45) is 35.5 Å². The SMILES string of the molecule is PC(c1cc(-c2ccccc2)c(-c2ccccc2)cc1CP(C12CC3CC(CC(C3)C1)C2)C12CC3CC(CC(C3)C1)C2)(C1CCCCN1)C1CCCCN1. The highest BCUT2D eigenvalue weighted by molar-refractivity contribution is 7.60. The Morgan fingerprint density at radius 2 is 0.963 bits per heavy atom. The van der Waals surface area contributed by atoms with E-state index in [1.807, 2.05) is 0 Å². The molecule has 0 amide bonds. The van der Waals surface area contributed by atoms with Crippen molar-refractivity contribution in [1.29, 1.82) is 0 Å². The number of piperidine rings is 2. The maximum Gasteiger partial charge on any atom is 0.0405 e. The van der Waals surface area contributed by atoms with E-state index < -0.39 is 0 Å². The minimum atomic E-state index is -0.179. The van der Waals surface area contributed by atoms with Crippen LogP contribution in [0, 0.1) is 35.5 Å². The lowest BCUT2D eigenvalue weighted by atomic mass is 9.55. The second-order valence-corrected chi connectivity index (χ2v) is 24.6. The molecule has 13 rings (SSSR count). The second kappa shape index (κ2) is 14.1. The molecule has 2 aliphatic heterocycles. The summed E-state index contributed by atoms with van der Waals surface area (Å²) >= 11 is 0. The van der Waals surface area contributed by atoms with E-state index in [4.69, 9.17) is 0 Å². The first-order valence-electron chi connectivity index (χ1n) is 22.8. The van der Waals surface area contributed by atoms with Crippen LogP contribution in [0.1, 0.15) is 127 Å². The first-order chi connectivity index (χ1) is 26.5. The topological polar surface area (TPSA) is 24.1 Å². The first kappa shape index (κ1) is 35.6. The molecule has 3 atom stereocenters. The summed E-state index contributed by atoms with van der Waals surface area (Å²) in [4.78, 5) is 0. The van der Waals surface area contributed by atoms with Crippen LogP contribution >= 0.6 is 17.2 Å². The zero-order valence-corrected chi connectivity index (χ0v) is 35.0. The molecule has 8 bridgehead atoms. The summed E-state index contributed by atoms with van der Waals surface area (Å²) in [7, 11) is 3.50. The molecule has 3 aromatic rings. The van der Waals surface area contributed by atoms with E-state index in [-0.39, 0.29) is 13.1 Å². The molecule has 3 unspecified atom stereocenters. The van der Waals surface area contributed by atoms with Crippen LogP contribution in [0.2, 0.25) is 0 Å². The van der Waals surface area contributed by atoms with Gasteiger partial charge in [0.05, 0.1) is 0 Å². The summed E-state index contributed by atoms with van der Waals surface area (Å²) in [6, 6.07) is 29.6. The van der Waals surface area contributed by atoms with Crippen LogP contribution in [0.3, 0.4) is 0 Å². The van der Waals surface area contributed by atoms with E-state index >= 15 is 0 Å². The van der Waals surface area contributed by atoms with E-state index in [9.17, 15) is 0 Å². The van der Waals surface area contributed by atoms with Crippen LogP contribution in [0.4, 0.5) is 0 Å². The van der Waals surface area contributed by atoms with Crippen molar-refractivity contribution < 1.29 is 0 Å². The number of nitrogens with one attached hydrogen (secondary N) is 2. The maximum absolute atomic E-state index is 4.20. The highest BCUT2D eigenvalue weighted by atomic mass is 31.1. The quantitative estimate of drug-likeness (QED) is 0.213. The minimum Gasteiger partial charge on any atom is -0.313 e. The molecule has 54 heavy (non-hydrogen) atoms. The number of hydrogen-bond acceptors (Lipinski definition) is 2. The Labute approximate surface area is 330 Å². The van der Waals surface area contributed by atoms with Gasteiger partial charge in [-0.25, -0.2) is 0 Å². The Morgan fingerprint density at radius 1 is 0.556 bits per heavy atom. The van der Waals surface area contributed by atoms with Crippen LogP contribution in [0.25, 0.3) is 22.3 Å². The van der Waals surface area contributed by atoms with Crippen molar-refractivity contribution in [2.75, 3.05) is 13.1 Å². The fourth-order valence-electron chi connectivity index (χ4n) is 15.8. The van der Waals surface area contributed by atoms with Gasteiger partial charge in [0.2, 0.25) is 0 Å². The van der Waals surface area contributed by atoms with E-state index in [2.05, 4.69) is 92.7 Å². The van der Waals surface area contributed by atoms with Gasteiger partial charge in [-0.1, -0.05) is 81.4 Å². The molecule has 2 saturated heterocycles. The van der Waals surface area contributed by atoms with Gasteiger partial charge >= 0.3 is 0 Å². The summed E-state index contributed by atoms with van der Waals surface area (Å²) in [5, 5.41) is 9.60. The molecule has 2 N–H and O–H groups in total. The molecule has 0 radical (unpaired) electrons. The predicted octanol–water partition coefficient (Wildman–Crippen LogP) is 12.3. The molecule has 8 saturated carbocycles. The van der Waals surface area contributed by atoms with Crippen molar-refractivity contribution >= 4 is 17.2 Å². The summed E-state index contributed by atoms with van der Waals surface area (Å²) in [6.45, 7) is 2.31. The highest BCUT2D eigenvalue weighted by Crippen LogP contribution is 2.80. The maximum atomic E-state index is 4.20. The van der Waals surface area contributed by atoms with Gasteiger partial charge in [-0.15, -0.1) is 9.24 Å². The third kappa shape index (κ3) is 6.08. The van der Waals surface area contributed by atoms with Crippen LogP contribution in [0.15, 0.2) is 72.8 Å². The molecule has 10 aliphatic rings. The normalized spacial score (nSPS) is 39.7. The molecule has 2 heterocycles. The summed E-state index contributed by atoms with van der Waals surface area (Å²) in [5.74, 6) is 6.13. The van der Waals surface area contributed by atoms with E-state index in [1.54, 1.807) is 88.2 Å². The van der Waals surface area contributed by atoms with Gasteiger partial charge in [0.25, 0.3) is 0 Å². The average molecular weight is 757 g/mol. The Bertz CT molecular complexity index is 1670. The number of rotatable bonds is 9. The largest absolute Gasteiger partial charge is 0.313 e. The lowest BCUT2D eigenvalue weighted by molar-refractivity contribution is 0.0184. The third-order valence-electron chi connectivity index (χ3n) is 17.1. The second-order valence-electron chi connectivity index (χ2n) is 20.6. The van der Waals surface area contributed by atoms with Crippen molar-refractivity contribution in [3.63, 3.8) is 0 Å². The van der Waals surface area contributed by atoms with E-state index in [0.717, 1.165) is 48.6 Å². The smallest absolute Gasteiger partial charge is 0.0405 e. The van der Waals surface area contributed by atoms with Crippen LogP contribution in [-0.2, 0) is 11.3 Å². The molecule has 8 aliphatic carbocycles. The van der Waals surface area contributed by atoms with Gasteiger partial charge in [-0.2, -0.15) is 0 Å². The fourth-order valence-corrected chi connectivity index (χ4v) is 21.8. The lowest BCUT2D eigenvalue weighted by Crippen LogP contribution is -2.59. The van der Waals surface area contributed by atoms with Gasteiger partial charge in [-0.05, 0) is 213 Å². The van der Waals surface area contributed by atoms with E-state index in [1.165, 1.54) is 66.9 Å². The Hall–Kier alpha value is -1.56. The number of hydrogen-bond donors (Lipinski definition) is 2. The summed E-state index contributed by atoms with van der Waals surface area (Å²) in [5.41, 5.74) is 9.10. The Morgan fingerprint density at radius 3 is 1.35 bits per heavy atom. The van der Waals surface area contributed by atoms with Gasteiger partial charge in [-0.3, -0.25) is 0 Å². The zero-order chi connectivity index (χ0) is 35.9. The Balaban J connectivity index is 1.13. The molecular weight excluding hydrogens is 691 g/mol. The minimum absolute atomic E-state index is 0.0428. The molecule has 10 fully saturated rings. The van der Waals surface area contributed by atoms with Crippen molar-refractivity contribution in [2.45, 2.75) is 149 Å². The monoisotopic (exact) mass is 756 g/mol. The van der Waals surface area contributed by atoms with Gasteiger partial charge in [0, 0.05) is 17.2 Å². The fraction of sp³-hybridized carbons (Fsp3) is 0.640. The third-order valence-corrected chi connectivity index (χ3v) is 22.3. The lowest BCUT2D eigenvalue weighted by Gasteiger charge is -2.67. The predicted molar refractivity (Wildman–Crippen MR) is 232 cm³/mol. The van der Waals surface area contributed by atoms with Crippen LogP contribution < -0.4 is 10.6 Å². The molecule has 0 aromatic heterocycles. The van der Waals surface area contributed by atoms with Crippen molar-refractivity contribution in [3.05, 3.63) is 83.9 Å². The number of benzene rings is 3. The van der Waals surface area contributed by atoms with E-state index in [0.29, 0.717) is 22.4 Å². The van der Waals surface area contributed by atoms with Gasteiger partial charge in [0.1, 0.15) is 0 Å². The molecule has 4 heteroatoms. The highest BCUT2D eigenvalue weighted by Gasteiger charge is 2.62. The molecular formula is C50H66N2P2. The molecule has 286 valence electrons. The standard InChI is InChI=1S/C50H66N2P2/c53-50(46-15-7-9-17-51-46,47-16-8-10-18-52-47)45-26-44(41-13-5-2-6-14-41)43(40-11-3-1-4-12-40)25-42(45)33-54(48-27-34-19-35(28-48)21-36(20-34)29-48)49-30-37-22-38(31-49)24-39(23-37)32-49/h1-6,11-14,25-26,34-39,46-47,51-52H,7-10,15-24,27-33,53H2. The zero-order valence-electron chi connectivity index (χ0n) is 32.9. The summed E-state index contributed by atoms with van der Waals surface area (Å²) in [6.07, 6.45) is 28.1. The van der Waals surface area contributed by atoms with Crippen LogP contribution in [0.5, 0.6) is 0 Å². The molecule has 3 aromatic carbocycles. The summed E-state index contributed by atoms with van der Waals surface area (Å²) < 4.78 is 0. The molecule has 0 spiro atoms. The Kier molecular flexibility index (Phi) is 9.27. The van der Waals surface area contributed by atoms with Gasteiger partial charge in [0.15, 0.2) is 0 Å².